The summed E-state index contributed by atoms with van der Waals surface area (Å²) in [6.07, 6.45) is -5.46. The Hall–Kier alpha value is -3.79. The highest BCUT2D eigenvalue weighted by Gasteiger charge is 2.52. The van der Waals surface area contributed by atoms with Crippen LogP contribution in [0.5, 0.6) is 0 Å². The second kappa shape index (κ2) is 22.1. The first-order valence-corrected chi connectivity index (χ1v) is 26.4. The number of phosphoric ester groups is 3. The van der Waals surface area contributed by atoms with Gasteiger partial charge in [0.2, 0.25) is 11.8 Å². The molecule has 5 heterocycles. The molecular formula is C37H53N8O19P3S. The molecule has 7 unspecified atom stereocenters. The minimum Gasteiger partial charge on any atom is -0.458 e. The summed E-state index contributed by atoms with van der Waals surface area (Å²) in [5.41, 5.74) is 4.62. The number of benzene rings is 1. The van der Waals surface area contributed by atoms with Gasteiger partial charge in [-0.3, -0.25) is 37.4 Å². The van der Waals surface area contributed by atoms with Crippen molar-refractivity contribution in [2.45, 2.75) is 88.4 Å². The number of carbonyl (C=O) groups is 4. The maximum atomic E-state index is 13.5. The van der Waals surface area contributed by atoms with Crippen LogP contribution in [0.4, 0.5) is 5.82 Å². The quantitative estimate of drug-likeness (QED) is 0.0373. The van der Waals surface area contributed by atoms with Gasteiger partial charge >= 0.3 is 29.4 Å². The monoisotopic (exact) mass is 1040 g/mol. The number of nitrogens with two attached hydrogens (primary N) is 1. The summed E-state index contributed by atoms with van der Waals surface area (Å²) in [4.78, 5) is 105. The largest absolute Gasteiger partial charge is 0.481 e. The number of nitrogen functional groups attached to an aromatic ring is 1. The summed E-state index contributed by atoms with van der Waals surface area (Å²) in [5.74, 6) is -2.36. The van der Waals surface area contributed by atoms with Crippen molar-refractivity contribution in [2.75, 3.05) is 44.8 Å². The van der Waals surface area contributed by atoms with E-state index in [1.807, 2.05) is 7.05 Å². The predicted octanol–water partition coefficient (Wildman–Crippen LogP) is 0.373. The Kier molecular flexibility index (Phi) is 17.4. The van der Waals surface area contributed by atoms with E-state index >= 15 is 0 Å². The Balaban J connectivity index is 0.913. The Morgan fingerprint density at radius 3 is 2.41 bits per heavy atom. The van der Waals surface area contributed by atoms with E-state index < -0.39 is 103 Å². The number of hydrogen-bond acceptors (Lipinski definition) is 21. The van der Waals surface area contributed by atoms with E-state index in [9.17, 15) is 62.7 Å². The molecule has 0 radical (unpaired) electrons. The van der Waals surface area contributed by atoms with Gasteiger partial charge in [-0.15, -0.1) is 0 Å². The third-order valence-electron chi connectivity index (χ3n) is 11.5. The summed E-state index contributed by atoms with van der Waals surface area (Å²) in [7, 11) is -14.5. The maximum absolute atomic E-state index is 13.5. The molecule has 2 bridgehead atoms. The molecule has 1 aromatic carbocycles. The molecule has 68 heavy (non-hydrogen) atoms. The highest BCUT2D eigenvalue weighted by molar-refractivity contribution is 8.13. The van der Waals surface area contributed by atoms with Crippen LogP contribution in [0.15, 0.2) is 43.0 Å². The first kappa shape index (κ1) is 53.6. The fraction of sp³-hybridized carbons (Fsp3) is 0.595. The number of esters is 1. The number of rotatable bonds is 22. The van der Waals surface area contributed by atoms with Crippen LogP contribution in [-0.4, -0.2) is 159 Å². The van der Waals surface area contributed by atoms with Crippen LogP contribution in [0, 0.1) is 11.3 Å². The summed E-state index contributed by atoms with van der Waals surface area (Å²) in [5, 5.41) is 26.5. The van der Waals surface area contributed by atoms with E-state index in [2.05, 4.69) is 39.3 Å². The number of ether oxygens (including phenoxy) is 2. The number of aliphatic hydroxyl groups is 2. The molecule has 10 N–H and O–H groups in total. The van der Waals surface area contributed by atoms with E-state index in [1.165, 1.54) is 13.8 Å². The number of hydrogen-bond donors (Lipinski definition) is 9. The molecule has 11 atom stereocenters. The second-order valence-electron chi connectivity index (χ2n) is 16.8. The molecule has 3 aromatic rings. The van der Waals surface area contributed by atoms with Gasteiger partial charge in [-0.05, 0) is 32.0 Å². The number of thioether (sulfide) groups is 1. The highest BCUT2D eigenvalue weighted by Crippen LogP contribution is 2.61. The van der Waals surface area contributed by atoms with E-state index in [0.29, 0.717) is 12.0 Å². The third kappa shape index (κ3) is 13.5. The fourth-order valence-corrected chi connectivity index (χ4v) is 11.7. The molecule has 27 nitrogen and oxygen atoms in total. The van der Waals surface area contributed by atoms with Crippen molar-refractivity contribution < 1.29 is 90.0 Å². The SMILES string of the molecule is CN1[C@H]2CC[C@@H]1[C@@H](C(=O)SCCNC(=O)CCNC(=O)C(O)C(C)(C)COP(=O)(O)OP(=O)(O)OCC1OC(n3cnc4c(N)ncnc43)C(O)C1OP(=O)(O)O)[C@@H](OC(=O)c1ccccc1)C2. The van der Waals surface area contributed by atoms with Gasteiger partial charge in [0, 0.05) is 49.2 Å². The summed E-state index contributed by atoms with van der Waals surface area (Å²) in [6, 6.07) is 8.65. The lowest BCUT2D eigenvalue weighted by Gasteiger charge is -2.41. The molecule has 3 aliphatic heterocycles. The van der Waals surface area contributed by atoms with Crippen molar-refractivity contribution in [3.8, 4) is 0 Å². The van der Waals surface area contributed by atoms with E-state index in [4.69, 9.17) is 24.3 Å². The zero-order chi connectivity index (χ0) is 49.8. The molecule has 0 aliphatic carbocycles. The van der Waals surface area contributed by atoms with Gasteiger partial charge < -0.3 is 55.6 Å². The molecule has 6 rings (SSSR count). The third-order valence-corrected chi connectivity index (χ3v) is 15.6. The molecule has 0 spiro atoms. The number of aliphatic hydroxyl groups excluding tert-OH is 2. The number of imidazole rings is 1. The number of phosphoric acid groups is 3. The average molecular weight is 1040 g/mol. The van der Waals surface area contributed by atoms with Crippen LogP contribution in [0.3, 0.4) is 0 Å². The van der Waals surface area contributed by atoms with Crippen LogP contribution in [-0.2, 0) is 55.4 Å². The van der Waals surface area contributed by atoms with Crippen molar-refractivity contribution in [1.82, 2.24) is 35.1 Å². The standard InChI is InChI=1S/C37H53N8O19P3S/c1-37(2,17-60-67(57,58)64-66(55,56)59-16-24-29(63-65(52,53)54)28(47)34(61-24)45-19-43-27-31(38)41-18-42-32(27)45)30(48)33(49)40-12-11-25(46)39-13-14-68-36(51)26-22-10-9-21(44(22)3)15-23(26)62-35(50)20-7-5-4-6-8-20/h4-8,18-19,21-24,26,28-30,34,47-48H,9-17H2,1-3H3,(H,39,46)(H,40,49)(H,55,56)(H,57,58)(H2,38,41,42)(H2,52,53,54)/t21-,22+,23-,24?,26+,28?,29?,30?,34?/m0/s1. The van der Waals surface area contributed by atoms with Crippen LogP contribution in [0.25, 0.3) is 11.2 Å². The number of anilines is 1. The normalized spacial score (nSPS) is 26.4. The molecule has 0 saturated carbocycles. The van der Waals surface area contributed by atoms with Gasteiger partial charge in [0.25, 0.3) is 0 Å². The molecule has 31 heteroatoms. The zero-order valence-corrected chi connectivity index (χ0v) is 40.2. The van der Waals surface area contributed by atoms with Crippen molar-refractivity contribution in [1.29, 1.82) is 0 Å². The second-order valence-corrected chi connectivity index (χ2v) is 22.1. The van der Waals surface area contributed by atoms with Gasteiger partial charge in [0.15, 0.2) is 22.8 Å². The number of fused-ring (bicyclic) bond motifs is 3. The number of aromatic nitrogens is 4. The van der Waals surface area contributed by atoms with Gasteiger partial charge in [0.05, 0.1) is 31.0 Å². The lowest BCUT2D eigenvalue weighted by atomic mass is 9.87. The van der Waals surface area contributed by atoms with Crippen molar-refractivity contribution in [2.24, 2.45) is 11.3 Å². The smallest absolute Gasteiger partial charge is 0.458 e. The number of carbonyl (C=O) groups excluding carboxylic acids is 4. The molecule has 3 fully saturated rings. The summed E-state index contributed by atoms with van der Waals surface area (Å²) < 4.78 is 68.4. The Bertz CT molecular complexity index is 2450. The van der Waals surface area contributed by atoms with Crippen molar-refractivity contribution >= 4 is 75.1 Å². The Morgan fingerprint density at radius 1 is 1.00 bits per heavy atom. The van der Waals surface area contributed by atoms with Crippen molar-refractivity contribution in [3.63, 3.8) is 0 Å². The highest BCUT2D eigenvalue weighted by atomic mass is 32.2. The van der Waals surface area contributed by atoms with Crippen LogP contribution in [0.2, 0.25) is 0 Å². The summed E-state index contributed by atoms with van der Waals surface area (Å²) >= 11 is 1.03. The average Bonchev–Trinajstić information content (AvgIpc) is 3.90. The van der Waals surface area contributed by atoms with E-state index in [1.54, 1.807) is 30.3 Å². The lowest BCUT2D eigenvalue weighted by molar-refractivity contribution is -0.137. The van der Waals surface area contributed by atoms with Crippen molar-refractivity contribution in [3.05, 3.63) is 48.5 Å². The van der Waals surface area contributed by atoms with Gasteiger partial charge in [0.1, 0.15) is 42.4 Å². The number of nitrogens with zero attached hydrogens (tertiary/aromatic N) is 5. The van der Waals surface area contributed by atoms with Gasteiger partial charge in [-0.1, -0.05) is 43.8 Å². The lowest BCUT2D eigenvalue weighted by Crippen LogP contribution is -2.52. The van der Waals surface area contributed by atoms with Crippen LogP contribution < -0.4 is 16.4 Å². The Morgan fingerprint density at radius 2 is 1.71 bits per heavy atom. The number of piperidine rings is 1. The van der Waals surface area contributed by atoms with E-state index in [0.717, 1.165) is 41.8 Å². The van der Waals surface area contributed by atoms with Crippen LogP contribution >= 0.6 is 35.2 Å². The Labute approximate surface area is 392 Å². The molecule has 3 aliphatic rings. The topological polar surface area (TPSA) is 393 Å². The van der Waals surface area contributed by atoms with Crippen LogP contribution in [0.1, 0.15) is 56.1 Å². The van der Waals surface area contributed by atoms with Gasteiger partial charge in [-0.25, -0.2) is 33.4 Å². The number of amides is 2. The minimum absolute atomic E-state index is 0.0226. The van der Waals surface area contributed by atoms with Gasteiger partial charge in [-0.2, -0.15) is 4.31 Å². The summed E-state index contributed by atoms with van der Waals surface area (Å²) in [6.45, 7) is 0.294. The fourth-order valence-electron chi connectivity index (χ4n) is 8.01. The molecule has 3 saturated heterocycles. The molecular weight excluding hydrogens is 985 g/mol. The minimum atomic E-state index is -5.60. The molecule has 2 aromatic heterocycles. The molecule has 2 amide bonds. The van der Waals surface area contributed by atoms with E-state index in [-0.39, 0.29) is 59.4 Å². The predicted molar refractivity (Wildman–Crippen MR) is 235 cm³/mol. The zero-order valence-electron chi connectivity index (χ0n) is 36.7. The maximum Gasteiger partial charge on any atom is 0.481 e. The number of nitrogens with one attached hydrogen (secondary N) is 2. The first-order chi connectivity index (χ1) is 31.9. The first-order valence-electron chi connectivity index (χ1n) is 20.9. The molecule has 376 valence electrons.